The summed E-state index contributed by atoms with van der Waals surface area (Å²) in [7, 11) is 0. The number of aromatic nitrogens is 1. The third-order valence-corrected chi connectivity index (χ3v) is 5.15. The minimum absolute atomic E-state index is 0.257. The highest BCUT2D eigenvalue weighted by atomic mass is 16.2. The van der Waals surface area contributed by atoms with E-state index in [9.17, 15) is 4.79 Å². The van der Waals surface area contributed by atoms with Gasteiger partial charge in [-0.25, -0.2) is 0 Å². The number of carbonyl (C=O) groups is 1. The van der Waals surface area contributed by atoms with Crippen LogP contribution in [0.15, 0.2) is 42.6 Å². The van der Waals surface area contributed by atoms with Gasteiger partial charge in [0, 0.05) is 43.1 Å². The van der Waals surface area contributed by atoms with Gasteiger partial charge in [0.15, 0.2) is 0 Å². The van der Waals surface area contributed by atoms with Crippen molar-refractivity contribution in [2.24, 2.45) is 0 Å². The summed E-state index contributed by atoms with van der Waals surface area (Å²) in [6.07, 6.45) is 5.96. The third-order valence-electron chi connectivity index (χ3n) is 5.15. The van der Waals surface area contributed by atoms with Crippen molar-refractivity contribution in [3.63, 3.8) is 0 Å². The second-order valence-electron chi connectivity index (χ2n) is 6.49. The summed E-state index contributed by atoms with van der Waals surface area (Å²) in [5.74, 6) is 0.257. The van der Waals surface area contributed by atoms with E-state index in [-0.39, 0.29) is 5.91 Å². The van der Waals surface area contributed by atoms with Crippen molar-refractivity contribution >= 4 is 11.6 Å². The predicted octanol–water partition coefficient (Wildman–Crippen LogP) is 3.13. The number of hydrogen-bond acceptors (Lipinski definition) is 2. The van der Waals surface area contributed by atoms with E-state index in [0.29, 0.717) is 12.5 Å². The molecule has 1 aromatic carbocycles. The van der Waals surface area contributed by atoms with Crippen molar-refractivity contribution in [3.05, 3.63) is 53.9 Å². The van der Waals surface area contributed by atoms with Crippen LogP contribution < -0.4 is 4.90 Å². The van der Waals surface area contributed by atoms with E-state index in [0.717, 1.165) is 31.7 Å². The minimum Gasteiger partial charge on any atom is -0.364 e. The highest BCUT2D eigenvalue weighted by Crippen LogP contribution is 2.32. The largest absolute Gasteiger partial charge is 0.364 e. The molecule has 0 radical (unpaired) electrons. The number of rotatable bonds is 4. The van der Waals surface area contributed by atoms with Gasteiger partial charge in [0.05, 0.1) is 0 Å². The molecule has 2 aromatic rings. The molecule has 1 atom stereocenters. The topological polar surface area (TPSA) is 39.3 Å². The minimum atomic E-state index is 0.257. The van der Waals surface area contributed by atoms with Gasteiger partial charge in [-0.05, 0) is 49.6 Å². The maximum Gasteiger partial charge on any atom is 0.228 e. The maximum atomic E-state index is 12.6. The molecule has 0 bridgehead atoms. The van der Waals surface area contributed by atoms with Gasteiger partial charge < -0.3 is 9.88 Å². The van der Waals surface area contributed by atoms with Crippen molar-refractivity contribution in [1.82, 2.24) is 9.88 Å². The Hall–Kier alpha value is -2.07. The summed E-state index contributed by atoms with van der Waals surface area (Å²) < 4.78 is 0. The lowest BCUT2D eigenvalue weighted by molar-refractivity contribution is -0.118. The number of benzene rings is 1. The molecule has 1 aromatic heterocycles. The molecule has 0 spiro atoms. The number of nitrogens with one attached hydrogen (secondary N) is 1. The van der Waals surface area contributed by atoms with Crippen molar-refractivity contribution in [1.29, 1.82) is 0 Å². The lowest BCUT2D eigenvalue weighted by Crippen LogP contribution is -2.33. The Labute approximate surface area is 137 Å². The standard InChI is InChI=1S/C19H23N3O/c23-19(22-14-9-15-5-1-2-7-17(15)22)10-13-21-12-4-8-18(21)16-6-3-11-20-16/h1-3,5-7,11,18,20H,4,8-10,12-14H2. The number of anilines is 1. The summed E-state index contributed by atoms with van der Waals surface area (Å²) in [6, 6.07) is 12.9. The van der Waals surface area contributed by atoms with E-state index < -0.39 is 0 Å². The van der Waals surface area contributed by atoms with Crippen LogP contribution in [0.25, 0.3) is 0 Å². The Morgan fingerprint density at radius 3 is 2.96 bits per heavy atom. The van der Waals surface area contributed by atoms with Crippen LogP contribution in [0.1, 0.15) is 36.6 Å². The van der Waals surface area contributed by atoms with Gasteiger partial charge in [-0.2, -0.15) is 0 Å². The lowest BCUT2D eigenvalue weighted by Gasteiger charge is -2.25. The summed E-state index contributed by atoms with van der Waals surface area (Å²) in [5.41, 5.74) is 3.69. The molecule has 1 fully saturated rings. The van der Waals surface area contributed by atoms with Crippen LogP contribution in [-0.4, -0.2) is 35.4 Å². The fraction of sp³-hybridized carbons (Fsp3) is 0.421. The first-order chi connectivity index (χ1) is 11.3. The van der Waals surface area contributed by atoms with Crippen molar-refractivity contribution in [3.8, 4) is 0 Å². The Bertz CT molecular complexity index is 680. The molecule has 1 saturated heterocycles. The molecule has 4 nitrogen and oxygen atoms in total. The number of fused-ring (bicyclic) bond motifs is 1. The monoisotopic (exact) mass is 309 g/mol. The number of para-hydroxylation sites is 1. The van der Waals surface area contributed by atoms with E-state index in [1.807, 2.05) is 17.2 Å². The van der Waals surface area contributed by atoms with Crippen LogP contribution in [0, 0.1) is 0 Å². The molecule has 120 valence electrons. The molecular weight excluding hydrogens is 286 g/mol. The highest BCUT2D eigenvalue weighted by molar-refractivity contribution is 5.95. The Morgan fingerprint density at radius 2 is 2.09 bits per heavy atom. The van der Waals surface area contributed by atoms with Gasteiger partial charge in [-0.1, -0.05) is 18.2 Å². The van der Waals surface area contributed by atoms with E-state index in [2.05, 4.69) is 40.2 Å². The second kappa shape index (κ2) is 6.20. The van der Waals surface area contributed by atoms with Crippen LogP contribution in [-0.2, 0) is 11.2 Å². The third kappa shape index (κ3) is 2.79. The quantitative estimate of drug-likeness (QED) is 0.942. The second-order valence-corrected chi connectivity index (χ2v) is 6.49. The van der Waals surface area contributed by atoms with E-state index in [4.69, 9.17) is 0 Å². The smallest absolute Gasteiger partial charge is 0.228 e. The summed E-state index contributed by atoms with van der Waals surface area (Å²) in [5, 5.41) is 0. The fourth-order valence-corrected chi connectivity index (χ4v) is 3.97. The molecule has 3 heterocycles. The zero-order valence-corrected chi connectivity index (χ0v) is 13.4. The molecule has 4 heteroatoms. The molecule has 2 aliphatic rings. The van der Waals surface area contributed by atoms with E-state index >= 15 is 0 Å². The summed E-state index contributed by atoms with van der Waals surface area (Å²) >= 11 is 0. The normalized spacial score (nSPS) is 20.9. The Kier molecular flexibility index (Phi) is 3.92. The Balaban J connectivity index is 1.39. The first-order valence-corrected chi connectivity index (χ1v) is 8.58. The first kappa shape index (κ1) is 14.5. The Morgan fingerprint density at radius 1 is 1.17 bits per heavy atom. The first-order valence-electron chi connectivity index (χ1n) is 8.58. The van der Waals surface area contributed by atoms with Gasteiger partial charge >= 0.3 is 0 Å². The maximum absolute atomic E-state index is 12.6. The summed E-state index contributed by atoms with van der Waals surface area (Å²) in [4.78, 5) is 20.4. The highest BCUT2D eigenvalue weighted by Gasteiger charge is 2.29. The molecule has 0 saturated carbocycles. The van der Waals surface area contributed by atoms with Crippen LogP contribution in [0.4, 0.5) is 5.69 Å². The van der Waals surface area contributed by atoms with Crippen LogP contribution in [0.3, 0.4) is 0 Å². The molecule has 1 N–H and O–H groups in total. The molecule has 23 heavy (non-hydrogen) atoms. The zero-order valence-electron chi connectivity index (χ0n) is 13.4. The number of likely N-dealkylation sites (tertiary alicyclic amines) is 1. The molecule has 1 amide bonds. The van der Waals surface area contributed by atoms with Crippen molar-refractivity contribution in [2.75, 3.05) is 24.5 Å². The fourth-order valence-electron chi connectivity index (χ4n) is 3.97. The van der Waals surface area contributed by atoms with Crippen molar-refractivity contribution in [2.45, 2.75) is 31.7 Å². The van der Waals surface area contributed by atoms with Crippen LogP contribution in [0.2, 0.25) is 0 Å². The predicted molar refractivity (Wildman–Crippen MR) is 91.5 cm³/mol. The average molecular weight is 309 g/mol. The SMILES string of the molecule is O=C(CCN1CCCC1c1ccc[nH]1)N1CCc2ccccc21. The van der Waals surface area contributed by atoms with Crippen LogP contribution >= 0.6 is 0 Å². The molecule has 2 aliphatic heterocycles. The number of nitrogens with zero attached hydrogens (tertiary/aromatic N) is 2. The van der Waals surface area contributed by atoms with Crippen molar-refractivity contribution < 1.29 is 4.79 Å². The van der Waals surface area contributed by atoms with Gasteiger partial charge in [-0.3, -0.25) is 9.69 Å². The molecule has 0 aliphatic carbocycles. The van der Waals surface area contributed by atoms with Gasteiger partial charge in [0.25, 0.3) is 0 Å². The summed E-state index contributed by atoms with van der Waals surface area (Å²) in [6.45, 7) is 2.77. The van der Waals surface area contributed by atoms with Crippen LogP contribution in [0.5, 0.6) is 0 Å². The number of hydrogen-bond donors (Lipinski definition) is 1. The van der Waals surface area contributed by atoms with Gasteiger partial charge in [-0.15, -0.1) is 0 Å². The van der Waals surface area contributed by atoms with E-state index in [1.54, 1.807) is 0 Å². The molecule has 4 rings (SSSR count). The molecule has 1 unspecified atom stereocenters. The average Bonchev–Trinajstić information content (AvgIpc) is 3.30. The number of H-pyrrole nitrogens is 1. The van der Waals surface area contributed by atoms with Gasteiger partial charge in [0.1, 0.15) is 0 Å². The number of aromatic amines is 1. The number of carbonyl (C=O) groups excluding carboxylic acids is 1. The van der Waals surface area contributed by atoms with E-state index in [1.165, 1.54) is 24.1 Å². The number of amides is 1. The van der Waals surface area contributed by atoms with Gasteiger partial charge in [0.2, 0.25) is 5.91 Å². The lowest BCUT2D eigenvalue weighted by atomic mass is 10.1. The zero-order chi connectivity index (χ0) is 15.6. The molecular formula is C19H23N3O.